The van der Waals surface area contributed by atoms with Crippen LogP contribution in [0.15, 0.2) is 59.8 Å². The van der Waals surface area contributed by atoms with Crippen LogP contribution in [-0.4, -0.2) is 35.0 Å². The summed E-state index contributed by atoms with van der Waals surface area (Å²) < 4.78 is 18.8. The number of hydrogen-bond donors (Lipinski definition) is 2. The summed E-state index contributed by atoms with van der Waals surface area (Å²) in [6.45, 7) is 5.41. The SMILES string of the molecule is CC1=C(C(=O)OC(C)C)[C@@H](c2ccc(NC(=O)c3cccc(F)c3)cc2)NC(=S)N1C. The molecule has 31 heavy (non-hydrogen) atoms. The quantitative estimate of drug-likeness (QED) is 0.536. The minimum atomic E-state index is -0.483. The summed E-state index contributed by atoms with van der Waals surface area (Å²) in [4.78, 5) is 26.8. The normalized spacial score (nSPS) is 16.3. The van der Waals surface area contributed by atoms with E-state index in [4.69, 9.17) is 17.0 Å². The minimum absolute atomic E-state index is 0.226. The van der Waals surface area contributed by atoms with E-state index in [9.17, 15) is 14.0 Å². The average molecular weight is 442 g/mol. The van der Waals surface area contributed by atoms with Gasteiger partial charge >= 0.3 is 5.97 Å². The average Bonchev–Trinajstić information content (AvgIpc) is 2.71. The lowest BCUT2D eigenvalue weighted by Gasteiger charge is -2.35. The highest BCUT2D eigenvalue weighted by atomic mass is 32.1. The van der Waals surface area contributed by atoms with Crippen LogP contribution in [0.25, 0.3) is 0 Å². The van der Waals surface area contributed by atoms with Crippen LogP contribution in [-0.2, 0) is 9.53 Å². The molecule has 6 nitrogen and oxygen atoms in total. The molecule has 1 aliphatic rings. The van der Waals surface area contributed by atoms with Gasteiger partial charge in [0.1, 0.15) is 5.82 Å². The van der Waals surface area contributed by atoms with Crippen molar-refractivity contribution in [2.45, 2.75) is 32.9 Å². The highest BCUT2D eigenvalue weighted by Gasteiger charge is 2.33. The molecule has 3 rings (SSSR count). The fraction of sp³-hybridized carbons (Fsp3) is 0.261. The summed E-state index contributed by atoms with van der Waals surface area (Å²) in [6.07, 6.45) is -0.256. The van der Waals surface area contributed by atoms with E-state index in [0.717, 1.165) is 5.56 Å². The summed E-state index contributed by atoms with van der Waals surface area (Å²) in [5.41, 5.74) is 2.74. The van der Waals surface area contributed by atoms with Crippen molar-refractivity contribution in [2.24, 2.45) is 0 Å². The van der Waals surface area contributed by atoms with E-state index in [2.05, 4.69) is 10.6 Å². The second kappa shape index (κ2) is 9.26. The van der Waals surface area contributed by atoms with Gasteiger partial charge in [-0.05, 0) is 68.9 Å². The van der Waals surface area contributed by atoms with Gasteiger partial charge in [0.25, 0.3) is 5.91 Å². The Kier molecular flexibility index (Phi) is 6.70. The Balaban J connectivity index is 1.85. The van der Waals surface area contributed by atoms with Gasteiger partial charge in [-0.1, -0.05) is 18.2 Å². The van der Waals surface area contributed by atoms with Crippen LogP contribution in [0.3, 0.4) is 0 Å². The number of ether oxygens (including phenoxy) is 1. The van der Waals surface area contributed by atoms with Crippen molar-refractivity contribution in [2.75, 3.05) is 12.4 Å². The first kappa shape index (κ1) is 22.4. The van der Waals surface area contributed by atoms with Gasteiger partial charge in [-0.15, -0.1) is 0 Å². The smallest absolute Gasteiger partial charge is 0.338 e. The molecule has 0 aliphatic carbocycles. The van der Waals surface area contributed by atoms with Crippen LogP contribution in [0.4, 0.5) is 10.1 Å². The molecule has 0 bridgehead atoms. The number of nitrogens with one attached hydrogen (secondary N) is 2. The largest absolute Gasteiger partial charge is 0.459 e. The zero-order valence-electron chi connectivity index (χ0n) is 17.7. The number of halogens is 1. The number of esters is 1. The molecule has 0 saturated carbocycles. The van der Waals surface area contributed by atoms with Gasteiger partial charge in [0.2, 0.25) is 0 Å². The number of benzene rings is 2. The van der Waals surface area contributed by atoms with Crippen molar-refractivity contribution < 1.29 is 18.7 Å². The standard InChI is InChI=1S/C23H24FN3O3S/c1-13(2)30-22(29)19-14(3)27(4)23(31)26-20(19)15-8-10-18(11-9-15)25-21(28)16-6-5-7-17(24)12-16/h5-13,20H,1-4H3,(H,25,28)(H,26,31)/t20-/m1/s1. The Morgan fingerprint density at radius 1 is 1.19 bits per heavy atom. The number of rotatable bonds is 5. The van der Waals surface area contributed by atoms with E-state index in [0.29, 0.717) is 22.1 Å². The van der Waals surface area contributed by atoms with E-state index < -0.39 is 23.7 Å². The van der Waals surface area contributed by atoms with Crippen molar-refractivity contribution in [1.82, 2.24) is 10.2 Å². The first-order chi connectivity index (χ1) is 14.7. The Morgan fingerprint density at radius 2 is 1.87 bits per heavy atom. The molecule has 0 aromatic heterocycles. The van der Waals surface area contributed by atoms with E-state index in [1.54, 1.807) is 50.1 Å². The maximum absolute atomic E-state index is 13.4. The lowest BCUT2D eigenvalue weighted by atomic mass is 9.95. The van der Waals surface area contributed by atoms with Crippen molar-refractivity contribution in [3.63, 3.8) is 0 Å². The number of nitrogens with zero attached hydrogens (tertiary/aromatic N) is 1. The summed E-state index contributed by atoms with van der Waals surface area (Å²) >= 11 is 5.40. The predicted molar refractivity (Wildman–Crippen MR) is 121 cm³/mol. The number of thiocarbonyl (C=S) groups is 1. The summed E-state index contributed by atoms with van der Waals surface area (Å²) in [7, 11) is 1.79. The van der Waals surface area contributed by atoms with E-state index >= 15 is 0 Å². The lowest BCUT2D eigenvalue weighted by Crippen LogP contribution is -2.46. The van der Waals surface area contributed by atoms with Crippen LogP contribution in [0.2, 0.25) is 0 Å². The van der Waals surface area contributed by atoms with Gasteiger partial charge in [0.05, 0.1) is 17.7 Å². The monoisotopic (exact) mass is 441 g/mol. The fourth-order valence-electron chi connectivity index (χ4n) is 3.22. The second-order valence-corrected chi connectivity index (χ2v) is 7.87. The summed E-state index contributed by atoms with van der Waals surface area (Å²) in [6, 6.07) is 12.0. The first-order valence-electron chi connectivity index (χ1n) is 9.80. The van der Waals surface area contributed by atoms with E-state index in [1.807, 2.05) is 6.92 Å². The Morgan fingerprint density at radius 3 is 2.48 bits per heavy atom. The minimum Gasteiger partial charge on any atom is -0.459 e. The molecule has 0 saturated heterocycles. The number of anilines is 1. The second-order valence-electron chi connectivity index (χ2n) is 7.48. The van der Waals surface area contributed by atoms with Crippen molar-refractivity contribution in [3.8, 4) is 0 Å². The molecule has 0 fully saturated rings. The van der Waals surface area contributed by atoms with E-state index in [1.165, 1.54) is 24.3 Å². The zero-order valence-corrected chi connectivity index (χ0v) is 18.5. The summed E-state index contributed by atoms with van der Waals surface area (Å²) in [5, 5.41) is 6.41. The molecule has 1 aliphatic heterocycles. The van der Waals surface area contributed by atoms with Crippen molar-refractivity contribution >= 4 is 34.9 Å². The molecular formula is C23H24FN3O3S. The molecule has 2 aromatic rings. The van der Waals surface area contributed by atoms with Gasteiger partial charge in [0.15, 0.2) is 5.11 Å². The Bertz CT molecular complexity index is 1050. The number of allylic oxidation sites excluding steroid dienone is 1. The van der Waals surface area contributed by atoms with Crippen molar-refractivity contribution in [1.29, 1.82) is 0 Å². The number of hydrogen-bond acceptors (Lipinski definition) is 4. The fourth-order valence-corrected chi connectivity index (χ4v) is 3.47. The molecule has 2 N–H and O–H groups in total. The van der Waals surface area contributed by atoms with Crippen LogP contribution in [0.1, 0.15) is 42.7 Å². The molecule has 1 atom stereocenters. The topological polar surface area (TPSA) is 70.7 Å². The maximum Gasteiger partial charge on any atom is 0.338 e. The third kappa shape index (κ3) is 5.08. The maximum atomic E-state index is 13.4. The molecule has 2 aromatic carbocycles. The van der Waals surface area contributed by atoms with Crippen LogP contribution >= 0.6 is 12.2 Å². The van der Waals surface area contributed by atoms with Gasteiger partial charge < -0.3 is 20.3 Å². The van der Waals surface area contributed by atoms with Crippen LogP contribution in [0.5, 0.6) is 0 Å². The highest BCUT2D eigenvalue weighted by Crippen LogP contribution is 2.31. The molecular weight excluding hydrogens is 417 g/mol. The van der Waals surface area contributed by atoms with E-state index in [-0.39, 0.29) is 11.7 Å². The van der Waals surface area contributed by atoms with Gasteiger partial charge in [-0.25, -0.2) is 9.18 Å². The zero-order chi connectivity index (χ0) is 22.7. The molecule has 1 amide bonds. The Labute approximate surface area is 186 Å². The molecule has 1 heterocycles. The highest BCUT2D eigenvalue weighted by molar-refractivity contribution is 7.80. The molecule has 8 heteroatoms. The number of carbonyl (C=O) groups excluding carboxylic acids is 2. The third-order valence-corrected chi connectivity index (χ3v) is 5.30. The Hall–Kier alpha value is -3.26. The van der Waals surface area contributed by atoms with Crippen LogP contribution in [0, 0.1) is 5.82 Å². The summed E-state index contributed by atoms with van der Waals surface area (Å²) in [5.74, 6) is -1.30. The molecule has 0 unspecified atom stereocenters. The van der Waals surface area contributed by atoms with Gasteiger partial charge in [-0.2, -0.15) is 0 Å². The van der Waals surface area contributed by atoms with Gasteiger partial charge in [-0.3, -0.25) is 4.79 Å². The molecule has 162 valence electrons. The number of carbonyl (C=O) groups is 2. The first-order valence-corrected chi connectivity index (χ1v) is 10.2. The third-order valence-electron chi connectivity index (χ3n) is 4.91. The molecule has 0 radical (unpaired) electrons. The number of amides is 1. The van der Waals surface area contributed by atoms with Gasteiger partial charge in [0, 0.05) is 24.0 Å². The van der Waals surface area contributed by atoms with Crippen LogP contribution < -0.4 is 10.6 Å². The predicted octanol–water partition coefficient (Wildman–Crippen LogP) is 4.16. The molecule has 0 spiro atoms. The van der Waals surface area contributed by atoms with Crippen molar-refractivity contribution in [3.05, 3.63) is 76.7 Å². The lowest BCUT2D eigenvalue weighted by molar-refractivity contribution is -0.143.